The minimum absolute atomic E-state index is 0.00788. The molecule has 0 fully saturated rings. The molecule has 0 aliphatic carbocycles. The van der Waals surface area contributed by atoms with E-state index in [-0.39, 0.29) is 10.8 Å². The second-order valence-corrected chi connectivity index (χ2v) is 14.8. The molecule has 5 nitrogen and oxygen atoms in total. The van der Waals surface area contributed by atoms with E-state index >= 15 is 0 Å². The van der Waals surface area contributed by atoms with Gasteiger partial charge in [0.1, 0.15) is 17.3 Å². The Morgan fingerprint density at radius 3 is 2.10 bits per heavy atom. The zero-order valence-electron chi connectivity index (χ0n) is 28.9. The second-order valence-electron chi connectivity index (χ2n) is 14.8. The van der Waals surface area contributed by atoms with Crippen molar-refractivity contribution in [2.24, 2.45) is 0 Å². The summed E-state index contributed by atoms with van der Waals surface area (Å²) in [6, 6.07) is 44.5. The van der Waals surface area contributed by atoms with Crippen LogP contribution in [0.4, 0.5) is 0 Å². The van der Waals surface area contributed by atoms with Gasteiger partial charge in [-0.2, -0.15) is 0 Å². The normalized spacial score (nSPS) is 12.3. The lowest BCUT2D eigenvalue weighted by Crippen LogP contribution is -2.30. The summed E-state index contributed by atoms with van der Waals surface area (Å²) in [7, 11) is 0. The lowest BCUT2D eigenvalue weighted by molar-refractivity contribution is -0.572. The Morgan fingerprint density at radius 2 is 1.29 bits per heavy atom. The Hall–Kier alpha value is -5.68. The Balaban J connectivity index is 1.20. The molecular formula is C44H40N4O. The summed E-state index contributed by atoms with van der Waals surface area (Å²) in [4.78, 5) is 4.83. The van der Waals surface area contributed by atoms with Gasteiger partial charge in [-0.3, -0.25) is 13.7 Å². The molecule has 0 saturated heterocycles. The van der Waals surface area contributed by atoms with E-state index in [2.05, 4.69) is 177 Å². The molecule has 5 heteroatoms. The van der Waals surface area contributed by atoms with E-state index in [4.69, 9.17) is 9.72 Å². The summed E-state index contributed by atoms with van der Waals surface area (Å²) < 4.78 is 13.1. The van der Waals surface area contributed by atoms with Crippen LogP contribution in [0.3, 0.4) is 0 Å². The highest BCUT2D eigenvalue weighted by molar-refractivity contribution is 6.09. The maximum atomic E-state index is 6.60. The molecule has 0 amide bonds. The number of hydrogen-bond acceptors (Lipinski definition) is 2. The first-order valence-corrected chi connectivity index (χ1v) is 16.9. The lowest BCUT2D eigenvalue weighted by Gasteiger charge is -2.20. The van der Waals surface area contributed by atoms with Crippen molar-refractivity contribution in [3.63, 3.8) is 0 Å². The third-order valence-electron chi connectivity index (χ3n) is 9.33. The van der Waals surface area contributed by atoms with Crippen molar-refractivity contribution in [1.29, 1.82) is 0 Å². The zero-order valence-corrected chi connectivity index (χ0v) is 28.9. The Kier molecular flexibility index (Phi) is 7.18. The maximum Gasteiger partial charge on any atom is 0.269 e. The van der Waals surface area contributed by atoms with Crippen LogP contribution in [-0.4, -0.2) is 14.1 Å². The molecule has 242 valence electrons. The summed E-state index contributed by atoms with van der Waals surface area (Å²) in [6.07, 6.45) is 5.55. The van der Waals surface area contributed by atoms with Gasteiger partial charge < -0.3 is 4.74 Å². The largest absolute Gasteiger partial charge is 0.458 e. The molecule has 0 aliphatic heterocycles. The van der Waals surface area contributed by atoms with Gasteiger partial charge >= 0.3 is 0 Å². The average molecular weight is 641 g/mol. The van der Waals surface area contributed by atoms with Gasteiger partial charge in [0.15, 0.2) is 0 Å². The molecule has 0 atom stereocenters. The van der Waals surface area contributed by atoms with E-state index in [0.717, 1.165) is 56.1 Å². The first-order chi connectivity index (χ1) is 23.5. The molecule has 49 heavy (non-hydrogen) atoms. The molecule has 0 spiro atoms. The molecule has 3 heterocycles. The highest BCUT2D eigenvalue weighted by atomic mass is 16.5. The minimum atomic E-state index is 0.00788. The monoisotopic (exact) mass is 640 g/mol. The van der Waals surface area contributed by atoms with Crippen LogP contribution >= 0.6 is 0 Å². The smallest absolute Gasteiger partial charge is 0.269 e. The van der Waals surface area contributed by atoms with Crippen LogP contribution < -0.4 is 9.30 Å². The number of nitrogens with zero attached hydrogens (tertiary/aromatic N) is 4. The van der Waals surface area contributed by atoms with Crippen molar-refractivity contribution in [1.82, 2.24) is 14.1 Å². The number of ether oxygens (including phenoxy) is 1. The number of aromatic nitrogens is 4. The van der Waals surface area contributed by atoms with Crippen LogP contribution in [0.5, 0.6) is 11.5 Å². The molecule has 0 N–H and O–H groups in total. The minimum Gasteiger partial charge on any atom is -0.458 e. The molecule has 5 aromatic carbocycles. The molecule has 0 bridgehead atoms. The molecule has 0 radical (unpaired) electrons. The van der Waals surface area contributed by atoms with Crippen molar-refractivity contribution in [3.05, 3.63) is 151 Å². The van der Waals surface area contributed by atoms with Crippen LogP contribution in [0.15, 0.2) is 134 Å². The van der Waals surface area contributed by atoms with E-state index in [1.54, 1.807) is 0 Å². The highest BCUT2D eigenvalue weighted by Gasteiger charge is 2.19. The van der Waals surface area contributed by atoms with Crippen LogP contribution in [0.2, 0.25) is 0 Å². The van der Waals surface area contributed by atoms with Gasteiger partial charge in [0.2, 0.25) is 0 Å². The summed E-state index contributed by atoms with van der Waals surface area (Å²) >= 11 is 0. The number of fused-ring (bicyclic) bond motifs is 4. The molecule has 0 unspecified atom stereocenters. The quantitative estimate of drug-likeness (QED) is 0.139. The summed E-state index contributed by atoms with van der Waals surface area (Å²) in [5, 5.41) is 2.35. The first kappa shape index (κ1) is 30.6. The van der Waals surface area contributed by atoms with Crippen molar-refractivity contribution in [2.75, 3.05) is 0 Å². The molecular weight excluding hydrogens is 601 g/mol. The van der Waals surface area contributed by atoms with E-state index in [0.29, 0.717) is 0 Å². The Morgan fingerprint density at radius 1 is 0.592 bits per heavy atom. The molecule has 3 aromatic heterocycles. The highest BCUT2D eigenvalue weighted by Crippen LogP contribution is 2.36. The summed E-state index contributed by atoms with van der Waals surface area (Å²) in [5.74, 6) is 2.41. The number of benzene rings is 5. The third-order valence-corrected chi connectivity index (χ3v) is 9.33. The van der Waals surface area contributed by atoms with Gasteiger partial charge in [-0.05, 0) is 82.6 Å². The molecule has 0 saturated carbocycles. The zero-order chi connectivity index (χ0) is 33.9. The standard InChI is InChI=1S/C44H40N4O/c1-43(2,3)30-13-11-14-32(25-30)46-29-47(40-20-10-9-19-39(40)46)33-15-12-16-34(27-33)49-35-21-22-37-36-17-7-8-18-38(36)48(41(37)28-35)42-26-31(23-24-45-42)44(4,5)6/h7-28H,1-6H3. The number of imidazole rings is 1. The number of hydrogen-bond donors (Lipinski definition) is 0. The predicted octanol–water partition coefficient (Wildman–Crippen LogP) is 10.6. The summed E-state index contributed by atoms with van der Waals surface area (Å²) in [5.41, 5.74) is 8.96. The van der Waals surface area contributed by atoms with Gasteiger partial charge in [-0.15, -0.1) is 0 Å². The second kappa shape index (κ2) is 11.5. The Bertz CT molecular complexity index is 2500. The van der Waals surface area contributed by atoms with Gasteiger partial charge in [0.05, 0.1) is 33.4 Å². The fourth-order valence-electron chi connectivity index (χ4n) is 6.65. The first-order valence-electron chi connectivity index (χ1n) is 16.9. The lowest BCUT2D eigenvalue weighted by atomic mass is 9.87. The van der Waals surface area contributed by atoms with Gasteiger partial charge in [-0.1, -0.05) is 102 Å². The van der Waals surface area contributed by atoms with E-state index in [1.807, 2.05) is 18.3 Å². The van der Waals surface area contributed by atoms with Crippen molar-refractivity contribution < 1.29 is 9.30 Å². The topological polar surface area (TPSA) is 35.9 Å². The van der Waals surface area contributed by atoms with Crippen LogP contribution in [0, 0.1) is 6.33 Å². The van der Waals surface area contributed by atoms with E-state index < -0.39 is 0 Å². The average Bonchev–Trinajstić information content (AvgIpc) is 3.64. The number of para-hydroxylation sites is 3. The fraction of sp³-hybridized carbons (Fsp3) is 0.182. The molecule has 8 aromatic rings. The number of rotatable bonds is 5. The molecule has 8 rings (SSSR count). The van der Waals surface area contributed by atoms with Crippen molar-refractivity contribution >= 4 is 32.8 Å². The van der Waals surface area contributed by atoms with Crippen LogP contribution in [-0.2, 0) is 10.8 Å². The van der Waals surface area contributed by atoms with Crippen molar-refractivity contribution in [3.8, 4) is 28.7 Å². The van der Waals surface area contributed by atoms with E-state index in [1.165, 1.54) is 16.5 Å². The predicted molar refractivity (Wildman–Crippen MR) is 200 cm³/mol. The number of pyridine rings is 1. The van der Waals surface area contributed by atoms with E-state index in [9.17, 15) is 0 Å². The third kappa shape index (κ3) is 5.55. The van der Waals surface area contributed by atoms with Gasteiger partial charge in [-0.25, -0.2) is 4.98 Å². The maximum absolute atomic E-state index is 6.60. The van der Waals surface area contributed by atoms with Crippen LogP contribution in [0.1, 0.15) is 52.7 Å². The van der Waals surface area contributed by atoms with Gasteiger partial charge in [0, 0.05) is 23.0 Å². The fourth-order valence-corrected chi connectivity index (χ4v) is 6.65. The van der Waals surface area contributed by atoms with Gasteiger partial charge in [0.25, 0.3) is 6.33 Å². The SMILES string of the molecule is CC(C)(C)c1cccc(-[n+]2[c-]n(-c3cccc(Oc4ccc5c6ccccc6n(-c6cc(C(C)(C)C)ccn6)c5c4)c3)c3ccccc32)c1. The summed E-state index contributed by atoms with van der Waals surface area (Å²) in [6.45, 7) is 13.4. The molecule has 0 aliphatic rings. The van der Waals surface area contributed by atoms with Crippen LogP contribution in [0.25, 0.3) is 50.0 Å². The Labute approximate surface area is 287 Å². The van der Waals surface area contributed by atoms with Crippen molar-refractivity contribution in [2.45, 2.75) is 52.4 Å².